The molecule has 0 saturated carbocycles. The fraction of sp³-hybridized carbons (Fsp3) is 0.238. The molecule has 3 rings (SSSR count). The Labute approximate surface area is 173 Å². The summed E-state index contributed by atoms with van der Waals surface area (Å²) in [6, 6.07) is 14.5. The smallest absolute Gasteiger partial charge is 0.286 e. The maximum atomic E-state index is 12.5. The van der Waals surface area contributed by atoms with E-state index >= 15 is 0 Å². The van der Waals surface area contributed by atoms with Crippen LogP contribution in [0.2, 0.25) is 0 Å². The highest BCUT2D eigenvalue weighted by atomic mass is 32.1. The largest absolute Gasteiger partial charge is 0.486 e. The first-order valence-electron chi connectivity index (χ1n) is 9.15. The van der Waals surface area contributed by atoms with E-state index in [4.69, 9.17) is 4.74 Å². The summed E-state index contributed by atoms with van der Waals surface area (Å²) in [4.78, 5) is 24.6. The van der Waals surface area contributed by atoms with E-state index < -0.39 is 0 Å². The van der Waals surface area contributed by atoms with Crippen molar-refractivity contribution in [3.8, 4) is 5.75 Å². The number of aromatic nitrogens is 2. The van der Waals surface area contributed by atoms with Gasteiger partial charge in [0.2, 0.25) is 5.01 Å². The zero-order valence-corrected chi connectivity index (χ0v) is 17.2. The minimum atomic E-state index is -0.384. The maximum Gasteiger partial charge on any atom is 0.286 e. The van der Waals surface area contributed by atoms with Gasteiger partial charge in [0.15, 0.2) is 5.01 Å². The third-order valence-corrected chi connectivity index (χ3v) is 4.71. The number of ether oxygens (including phenoxy) is 1. The van der Waals surface area contributed by atoms with Crippen LogP contribution in [0.5, 0.6) is 5.75 Å². The molecule has 0 radical (unpaired) electrons. The second-order valence-electron chi connectivity index (χ2n) is 6.77. The Bertz CT molecular complexity index is 1020. The molecule has 0 atom stereocenters. The summed E-state index contributed by atoms with van der Waals surface area (Å²) >= 11 is 1.16. The summed E-state index contributed by atoms with van der Waals surface area (Å²) < 4.78 is 5.69. The highest BCUT2D eigenvalue weighted by Gasteiger charge is 2.15. The van der Waals surface area contributed by atoms with Gasteiger partial charge in [-0.25, -0.2) is 0 Å². The molecule has 1 aromatic heterocycles. The maximum absolute atomic E-state index is 12.5. The molecule has 2 aromatic carbocycles. The molecule has 0 saturated heterocycles. The van der Waals surface area contributed by atoms with Crippen LogP contribution in [0.15, 0.2) is 48.5 Å². The van der Waals surface area contributed by atoms with Gasteiger partial charge in [0.25, 0.3) is 11.8 Å². The van der Waals surface area contributed by atoms with E-state index in [0.717, 1.165) is 22.6 Å². The van der Waals surface area contributed by atoms with Crippen molar-refractivity contribution in [2.75, 3.05) is 5.32 Å². The van der Waals surface area contributed by atoms with Crippen LogP contribution in [0.3, 0.4) is 0 Å². The molecule has 0 aliphatic carbocycles. The van der Waals surface area contributed by atoms with Crippen molar-refractivity contribution in [1.82, 2.24) is 15.5 Å². The molecular formula is C21H22N4O3S. The molecule has 1 heterocycles. The Morgan fingerprint density at radius 1 is 1.07 bits per heavy atom. The summed E-state index contributed by atoms with van der Waals surface area (Å²) in [6.45, 7) is 6.00. The molecule has 2 amide bonds. The van der Waals surface area contributed by atoms with Gasteiger partial charge in [-0.15, -0.1) is 10.2 Å². The molecule has 0 spiro atoms. The zero-order chi connectivity index (χ0) is 20.8. The second kappa shape index (κ2) is 9.29. The number of benzene rings is 2. The Morgan fingerprint density at radius 3 is 2.62 bits per heavy atom. The predicted octanol–water partition coefficient (Wildman–Crippen LogP) is 3.82. The third-order valence-electron chi connectivity index (χ3n) is 3.82. The van der Waals surface area contributed by atoms with E-state index in [0.29, 0.717) is 16.3 Å². The fourth-order valence-electron chi connectivity index (χ4n) is 2.52. The van der Waals surface area contributed by atoms with Gasteiger partial charge in [0.05, 0.1) is 0 Å². The van der Waals surface area contributed by atoms with Crippen molar-refractivity contribution >= 4 is 28.8 Å². The number of carbonyl (C=O) groups is 2. The van der Waals surface area contributed by atoms with Gasteiger partial charge < -0.3 is 15.4 Å². The minimum absolute atomic E-state index is 0.0302. The van der Waals surface area contributed by atoms with Crippen LogP contribution < -0.4 is 15.4 Å². The Hall–Kier alpha value is -3.26. The van der Waals surface area contributed by atoms with E-state index in [1.165, 1.54) is 0 Å². The molecule has 7 nitrogen and oxygen atoms in total. The number of rotatable bonds is 7. The lowest BCUT2D eigenvalue weighted by molar-refractivity contribution is 0.0941. The predicted molar refractivity (Wildman–Crippen MR) is 112 cm³/mol. The lowest BCUT2D eigenvalue weighted by atomic mass is 10.2. The zero-order valence-electron chi connectivity index (χ0n) is 16.4. The molecule has 2 N–H and O–H groups in total. The van der Waals surface area contributed by atoms with Crippen LogP contribution in [0.4, 0.5) is 5.69 Å². The van der Waals surface area contributed by atoms with E-state index in [2.05, 4.69) is 20.8 Å². The Balaban J connectivity index is 1.61. The van der Waals surface area contributed by atoms with Crippen molar-refractivity contribution in [3.05, 3.63) is 69.7 Å². The fourth-order valence-corrected chi connectivity index (χ4v) is 3.17. The van der Waals surface area contributed by atoms with Crippen molar-refractivity contribution in [2.24, 2.45) is 0 Å². The van der Waals surface area contributed by atoms with Crippen molar-refractivity contribution in [2.45, 2.75) is 33.4 Å². The molecule has 0 bridgehead atoms. The number of amides is 2. The average Bonchev–Trinajstić information content (AvgIpc) is 3.15. The van der Waals surface area contributed by atoms with Crippen LogP contribution in [0, 0.1) is 6.92 Å². The van der Waals surface area contributed by atoms with Crippen LogP contribution in [-0.2, 0) is 6.61 Å². The molecule has 3 aromatic rings. The van der Waals surface area contributed by atoms with Gasteiger partial charge in [0.1, 0.15) is 12.4 Å². The van der Waals surface area contributed by atoms with Gasteiger partial charge >= 0.3 is 0 Å². The molecule has 29 heavy (non-hydrogen) atoms. The van der Waals surface area contributed by atoms with Gasteiger partial charge in [0, 0.05) is 17.3 Å². The third kappa shape index (κ3) is 5.86. The molecule has 150 valence electrons. The second-order valence-corrected chi connectivity index (χ2v) is 7.83. The first-order chi connectivity index (χ1) is 13.9. The number of carbonyl (C=O) groups excluding carboxylic acids is 2. The highest BCUT2D eigenvalue weighted by molar-refractivity contribution is 7.13. The van der Waals surface area contributed by atoms with Gasteiger partial charge in [-0.1, -0.05) is 29.5 Å². The summed E-state index contributed by atoms with van der Waals surface area (Å²) in [7, 11) is 0. The first-order valence-corrected chi connectivity index (χ1v) is 9.96. The van der Waals surface area contributed by atoms with Crippen LogP contribution in [0.1, 0.15) is 44.6 Å². The Morgan fingerprint density at radius 2 is 1.86 bits per heavy atom. The lowest BCUT2D eigenvalue weighted by Gasteiger charge is -2.09. The quantitative estimate of drug-likeness (QED) is 0.618. The first kappa shape index (κ1) is 20.5. The monoisotopic (exact) mass is 410 g/mol. The standard InChI is InChI=1S/C21H22N4O3S/c1-13(2)22-19(26)15-7-5-8-16(11-15)23-20(27)21-25-24-18(29-21)12-28-17-9-4-6-14(3)10-17/h4-11,13H,12H2,1-3H3,(H,22,26)(H,23,27). The molecular weight excluding hydrogens is 388 g/mol. The lowest BCUT2D eigenvalue weighted by Crippen LogP contribution is -2.30. The van der Waals surface area contributed by atoms with Gasteiger partial charge in [-0.05, 0) is 56.7 Å². The molecule has 8 heteroatoms. The van der Waals surface area contributed by atoms with E-state index in [-0.39, 0.29) is 29.5 Å². The summed E-state index contributed by atoms with van der Waals surface area (Å²) in [5, 5.41) is 14.3. The number of aryl methyl sites for hydroxylation is 1. The summed E-state index contributed by atoms with van der Waals surface area (Å²) in [5.41, 5.74) is 2.09. The molecule has 0 fully saturated rings. The molecule has 0 aliphatic heterocycles. The topological polar surface area (TPSA) is 93.2 Å². The highest BCUT2D eigenvalue weighted by Crippen LogP contribution is 2.18. The average molecular weight is 410 g/mol. The van der Waals surface area contributed by atoms with Crippen molar-refractivity contribution in [1.29, 1.82) is 0 Å². The minimum Gasteiger partial charge on any atom is -0.486 e. The van der Waals surface area contributed by atoms with Crippen molar-refractivity contribution < 1.29 is 14.3 Å². The summed E-state index contributed by atoms with van der Waals surface area (Å²) in [6.07, 6.45) is 0. The molecule has 0 unspecified atom stereocenters. The normalized spacial score (nSPS) is 10.6. The van der Waals surface area contributed by atoms with E-state index in [1.807, 2.05) is 45.0 Å². The number of hydrogen-bond acceptors (Lipinski definition) is 6. The number of hydrogen-bond donors (Lipinski definition) is 2. The Kier molecular flexibility index (Phi) is 6.56. The number of nitrogens with one attached hydrogen (secondary N) is 2. The summed E-state index contributed by atoms with van der Waals surface area (Å²) in [5.74, 6) is 0.163. The van der Waals surface area contributed by atoms with Crippen LogP contribution in [0.25, 0.3) is 0 Å². The van der Waals surface area contributed by atoms with Crippen molar-refractivity contribution in [3.63, 3.8) is 0 Å². The SMILES string of the molecule is Cc1cccc(OCc2nnc(C(=O)Nc3cccc(C(=O)NC(C)C)c3)s2)c1. The number of anilines is 1. The molecule has 0 aliphatic rings. The number of nitrogens with zero attached hydrogens (tertiary/aromatic N) is 2. The van der Waals surface area contributed by atoms with Crippen LogP contribution >= 0.6 is 11.3 Å². The van der Waals surface area contributed by atoms with E-state index in [9.17, 15) is 9.59 Å². The van der Waals surface area contributed by atoms with Gasteiger partial charge in [-0.2, -0.15) is 0 Å². The van der Waals surface area contributed by atoms with Crippen LogP contribution in [-0.4, -0.2) is 28.1 Å². The van der Waals surface area contributed by atoms with E-state index in [1.54, 1.807) is 24.3 Å². The van der Waals surface area contributed by atoms with Gasteiger partial charge in [-0.3, -0.25) is 9.59 Å².